The van der Waals surface area contributed by atoms with Gasteiger partial charge in [-0.2, -0.15) is 4.40 Å². The molecule has 0 aromatic heterocycles. The van der Waals surface area contributed by atoms with Crippen LogP contribution in [0.15, 0.2) is 51.8 Å². The van der Waals surface area contributed by atoms with Crippen molar-refractivity contribution in [2.24, 2.45) is 4.40 Å². The first-order valence-electron chi connectivity index (χ1n) is 7.31. The van der Waals surface area contributed by atoms with E-state index in [4.69, 9.17) is 14.2 Å². The minimum atomic E-state index is -1.01. The molecule has 0 saturated heterocycles. The summed E-state index contributed by atoms with van der Waals surface area (Å²) in [6.45, 7) is 0. The summed E-state index contributed by atoms with van der Waals surface area (Å²) >= 11 is 1.09. The Kier molecular flexibility index (Phi) is 4.95. The Labute approximate surface area is 148 Å². The first kappa shape index (κ1) is 16.9. The highest BCUT2D eigenvalue weighted by Crippen LogP contribution is 2.37. The molecule has 3 rings (SSSR count). The van der Waals surface area contributed by atoms with Crippen LogP contribution in [-0.4, -0.2) is 31.2 Å². The highest BCUT2D eigenvalue weighted by Gasteiger charge is 2.20. The molecule has 0 amide bonds. The van der Waals surface area contributed by atoms with Gasteiger partial charge in [-0.15, -0.1) is 0 Å². The fraction of sp³-hybridized carbons (Fsp3) is 0.111. The van der Waals surface area contributed by atoms with Crippen molar-refractivity contribution < 1.29 is 24.1 Å². The highest BCUT2D eigenvalue weighted by molar-refractivity contribution is 7.98. The molecule has 0 saturated carbocycles. The Balaban J connectivity index is 1.80. The Morgan fingerprint density at radius 1 is 1.16 bits per heavy atom. The average Bonchev–Trinajstić information content (AvgIpc) is 2.65. The van der Waals surface area contributed by atoms with E-state index >= 15 is 0 Å². The van der Waals surface area contributed by atoms with Gasteiger partial charge in [0.25, 0.3) is 0 Å². The number of carboxylic acid groups (broad SMARTS) is 1. The Morgan fingerprint density at radius 3 is 2.68 bits per heavy atom. The second kappa shape index (κ2) is 7.31. The van der Waals surface area contributed by atoms with Crippen LogP contribution in [0.25, 0.3) is 6.08 Å². The van der Waals surface area contributed by atoms with Crippen LogP contribution in [0.1, 0.15) is 15.9 Å². The number of hydrogen-bond acceptors (Lipinski definition) is 6. The molecule has 7 heteroatoms. The van der Waals surface area contributed by atoms with E-state index in [0.717, 1.165) is 17.5 Å². The first-order chi connectivity index (χ1) is 12.1. The van der Waals surface area contributed by atoms with Gasteiger partial charge in [0.15, 0.2) is 11.5 Å². The first-order valence-corrected chi connectivity index (χ1v) is 8.09. The van der Waals surface area contributed by atoms with Crippen LogP contribution in [0, 0.1) is 0 Å². The van der Waals surface area contributed by atoms with Gasteiger partial charge in [-0.1, -0.05) is 12.1 Å². The van der Waals surface area contributed by atoms with Crippen LogP contribution in [0.2, 0.25) is 0 Å². The average molecular weight is 357 g/mol. The standard InChI is InChI=1S/C18H15NO5S/c1-22-13-8-6-11(10-15(13)23-2)7-9-16-19-25-17-12(18(20)21)4-3-5-14(17)24-16/h3-10H,1-2H3,(H,20,21)/b9-7+. The number of benzene rings is 2. The second-order valence-electron chi connectivity index (χ2n) is 5.01. The summed E-state index contributed by atoms with van der Waals surface area (Å²) in [4.78, 5) is 11.7. The van der Waals surface area contributed by atoms with Crippen molar-refractivity contribution >= 4 is 29.9 Å². The number of aromatic carboxylic acids is 1. The van der Waals surface area contributed by atoms with Crippen LogP contribution in [0.5, 0.6) is 17.2 Å². The highest BCUT2D eigenvalue weighted by atomic mass is 32.2. The summed E-state index contributed by atoms with van der Waals surface area (Å²) in [5.41, 5.74) is 1.06. The Morgan fingerprint density at radius 2 is 1.96 bits per heavy atom. The summed E-state index contributed by atoms with van der Waals surface area (Å²) in [7, 11) is 3.16. The van der Waals surface area contributed by atoms with Crippen LogP contribution in [0.4, 0.5) is 0 Å². The fourth-order valence-corrected chi connectivity index (χ4v) is 3.00. The van der Waals surface area contributed by atoms with Gasteiger partial charge in [0.05, 0.1) is 24.7 Å². The van der Waals surface area contributed by atoms with Gasteiger partial charge in [-0.05, 0) is 35.9 Å². The van der Waals surface area contributed by atoms with Gasteiger partial charge in [0.1, 0.15) is 5.75 Å². The second-order valence-corrected chi connectivity index (χ2v) is 5.78. The van der Waals surface area contributed by atoms with E-state index in [-0.39, 0.29) is 5.56 Å². The normalized spacial score (nSPS) is 13.0. The molecule has 1 heterocycles. The quantitative estimate of drug-likeness (QED) is 0.818. The maximum absolute atomic E-state index is 11.2. The Hall–Kier alpha value is -2.93. The van der Waals surface area contributed by atoms with E-state index < -0.39 is 5.97 Å². The number of nitrogens with zero attached hydrogens (tertiary/aromatic N) is 1. The largest absolute Gasteiger partial charge is 0.493 e. The summed E-state index contributed by atoms with van der Waals surface area (Å²) in [5, 5.41) is 9.20. The lowest BCUT2D eigenvalue weighted by molar-refractivity contribution is 0.0692. The van der Waals surface area contributed by atoms with E-state index in [0.29, 0.717) is 28.0 Å². The molecule has 0 spiro atoms. The molecule has 2 aromatic rings. The van der Waals surface area contributed by atoms with Gasteiger partial charge in [0, 0.05) is 18.0 Å². The summed E-state index contributed by atoms with van der Waals surface area (Å²) in [6.07, 6.45) is 3.54. The number of hydrogen-bond donors (Lipinski definition) is 1. The number of carbonyl (C=O) groups is 1. The number of fused-ring (bicyclic) bond motifs is 1. The van der Waals surface area contributed by atoms with Crippen molar-refractivity contribution in [2.45, 2.75) is 4.90 Å². The summed E-state index contributed by atoms with van der Waals surface area (Å²) in [5.74, 6) is 1.13. The molecule has 0 atom stereocenters. The minimum absolute atomic E-state index is 0.175. The number of rotatable bonds is 5. The van der Waals surface area contributed by atoms with Crippen molar-refractivity contribution in [1.29, 1.82) is 0 Å². The molecule has 0 radical (unpaired) electrons. The lowest BCUT2D eigenvalue weighted by atomic mass is 10.2. The molecule has 0 fully saturated rings. The van der Waals surface area contributed by atoms with Crippen LogP contribution in [0.3, 0.4) is 0 Å². The van der Waals surface area contributed by atoms with E-state index in [2.05, 4.69) is 4.40 Å². The van der Waals surface area contributed by atoms with E-state index in [1.54, 1.807) is 32.4 Å². The molecule has 0 unspecified atom stereocenters. The zero-order valence-corrected chi connectivity index (χ0v) is 14.4. The van der Waals surface area contributed by atoms with E-state index in [1.165, 1.54) is 6.07 Å². The molecule has 25 heavy (non-hydrogen) atoms. The van der Waals surface area contributed by atoms with Crippen molar-refractivity contribution in [3.63, 3.8) is 0 Å². The molecule has 1 aliphatic rings. The van der Waals surface area contributed by atoms with Crippen LogP contribution < -0.4 is 14.2 Å². The van der Waals surface area contributed by atoms with Crippen molar-refractivity contribution in [3.05, 3.63) is 53.6 Å². The van der Waals surface area contributed by atoms with Crippen LogP contribution >= 0.6 is 11.9 Å². The fourth-order valence-electron chi connectivity index (χ4n) is 2.27. The Bertz CT molecular complexity index is 876. The number of ether oxygens (including phenoxy) is 3. The maximum atomic E-state index is 11.2. The third kappa shape index (κ3) is 3.61. The molecule has 2 aromatic carbocycles. The molecule has 1 N–H and O–H groups in total. The van der Waals surface area contributed by atoms with Crippen molar-refractivity contribution in [3.8, 4) is 17.2 Å². The molecular weight excluding hydrogens is 342 g/mol. The number of carboxylic acids is 1. The summed E-state index contributed by atoms with van der Waals surface area (Å²) < 4.78 is 20.4. The molecule has 0 aliphatic carbocycles. The van der Waals surface area contributed by atoms with Crippen LogP contribution in [-0.2, 0) is 0 Å². The predicted molar refractivity (Wildman–Crippen MR) is 95.9 cm³/mol. The molecule has 6 nitrogen and oxygen atoms in total. The lowest BCUT2D eigenvalue weighted by Gasteiger charge is -2.15. The SMILES string of the molecule is COc1ccc(/C=C/C2=NSc3c(cccc3C(=O)O)O2)cc1OC. The van der Waals surface area contributed by atoms with E-state index in [1.807, 2.05) is 24.3 Å². The lowest BCUT2D eigenvalue weighted by Crippen LogP contribution is -2.10. The molecule has 1 aliphatic heterocycles. The summed E-state index contributed by atoms with van der Waals surface area (Å²) in [6, 6.07) is 10.4. The van der Waals surface area contributed by atoms with E-state index in [9.17, 15) is 9.90 Å². The minimum Gasteiger partial charge on any atom is -0.493 e. The van der Waals surface area contributed by atoms with Crippen molar-refractivity contribution in [2.75, 3.05) is 14.2 Å². The van der Waals surface area contributed by atoms with Gasteiger partial charge in [-0.3, -0.25) is 0 Å². The zero-order chi connectivity index (χ0) is 17.8. The van der Waals surface area contributed by atoms with Gasteiger partial charge < -0.3 is 19.3 Å². The molecule has 128 valence electrons. The zero-order valence-electron chi connectivity index (χ0n) is 13.6. The monoisotopic (exact) mass is 357 g/mol. The third-order valence-electron chi connectivity index (χ3n) is 3.48. The smallest absolute Gasteiger partial charge is 0.337 e. The third-order valence-corrected chi connectivity index (χ3v) is 4.35. The predicted octanol–water partition coefficient (Wildman–Crippen LogP) is 3.91. The number of methoxy groups -OCH3 is 2. The van der Waals surface area contributed by atoms with Gasteiger partial charge >= 0.3 is 5.97 Å². The van der Waals surface area contributed by atoms with Gasteiger partial charge in [-0.25, -0.2) is 4.79 Å². The molecular formula is C18H15NO5S. The maximum Gasteiger partial charge on any atom is 0.337 e. The van der Waals surface area contributed by atoms with Crippen molar-refractivity contribution in [1.82, 2.24) is 0 Å². The molecule has 0 bridgehead atoms. The van der Waals surface area contributed by atoms with Gasteiger partial charge in [0.2, 0.25) is 5.90 Å². The topological polar surface area (TPSA) is 77.4 Å².